The molecule has 0 radical (unpaired) electrons. The minimum absolute atomic E-state index is 0.0593. The summed E-state index contributed by atoms with van der Waals surface area (Å²) in [5, 5.41) is 0.482. The van der Waals surface area contributed by atoms with Gasteiger partial charge in [0.25, 0.3) is 5.56 Å². The Hall–Kier alpha value is -2.81. The van der Waals surface area contributed by atoms with Crippen molar-refractivity contribution < 1.29 is 18.0 Å². The molecule has 2 aromatic carbocycles. The van der Waals surface area contributed by atoms with Crippen LogP contribution >= 0.6 is 11.8 Å². The van der Waals surface area contributed by atoms with Gasteiger partial charge in [-0.25, -0.2) is 4.98 Å². The zero-order chi connectivity index (χ0) is 21.3. The van der Waals surface area contributed by atoms with Crippen molar-refractivity contribution in [2.24, 2.45) is 0 Å². The summed E-state index contributed by atoms with van der Waals surface area (Å²) in [6, 6.07) is 11.2. The van der Waals surface area contributed by atoms with Crippen LogP contribution in [0.4, 0.5) is 13.2 Å². The summed E-state index contributed by atoms with van der Waals surface area (Å²) in [7, 11) is 0. The Morgan fingerprint density at radius 1 is 1.07 bits per heavy atom. The second-order valence-electron chi connectivity index (χ2n) is 6.98. The maximum Gasteiger partial charge on any atom is 0.416 e. The van der Waals surface area contributed by atoms with Crippen molar-refractivity contribution in [3.05, 3.63) is 64.4 Å². The van der Waals surface area contributed by atoms with Crippen LogP contribution in [0.5, 0.6) is 0 Å². The van der Waals surface area contributed by atoms with Crippen LogP contribution in [0, 0.1) is 0 Å². The zero-order valence-corrected chi connectivity index (χ0v) is 16.7. The van der Waals surface area contributed by atoms with Gasteiger partial charge in [-0.3, -0.25) is 14.2 Å². The summed E-state index contributed by atoms with van der Waals surface area (Å²) >= 11 is 1.06. The summed E-state index contributed by atoms with van der Waals surface area (Å²) in [4.78, 5) is 31.8. The number of para-hydroxylation sites is 1. The van der Waals surface area contributed by atoms with Gasteiger partial charge in [0.1, 0.15) is 0 Å². The van der Waals surface area contributed by atoms with Gasteiger partial charge in [0.2, 0.25) is 5.91 Å². The number of hydrogen-bond donors (Lipinski definition) is 0. The molecule has 0 saturated carbocycles. The lowest BCUT2D eigenvalue weighted by atomic mass is 10.2. The average Bonchev–Trinajstić information content (AvgIpc) is 3.27. The molecule has 0 unspecified atom stereocenters. The molecule has 5 nitrogen and oxygen atoms in total. The van der Waals surface area contributed by atoms with Crippen LogP contribution in [0.3, 0.4) is 0 Å². The molecule has 0 atom stereocenters. The van der Waals surface area contributed by atoms with Crippen LogP contribution in [-0.2, 0) is 11.0 Å². The number of benzene rings is 2. The molecule has 0 N–H and O–H groups in total. The highest BCUT2D eigenvalue weighted by atomic mass is 32.2. The van der Waals surface area contributed by atoms with E-state index in [4.69, 9.17) is 0 Å². The first-order valence-corrected chi connectivity index (χ1v) is 10.4. The molecular weight excluding hydrogens is 415 g/mol. The Morgan fingerprint density at radius 2 is 1.80 bits per heavy atom. The number of amides is 1. The van der Waals surface area contributed by atoms with E-state index in [-0.39, 0.29) is 22.5 Å². The third kappa shape index (κ3) is 4.07. The zero-order valence-electron chi connectivity index (χ0n) is 15.9. The second kappa shape index (κ2) is 8.14. The Labute approximate surface area is 174 Å². The first kappa shape index (κ1) is 20.5. The average molecular weight is 433 g/mol. The first-order valence-electron chi connectivity index (χ1n) is 9.44. The lowest BCUT2D eigenvalue weighted by molar-refractivity contribution is -0.137. The molecule has 1 aromatic heterocycles. The number of aromatic nitrogens is 2. The number of rotatable bonds is 4. The molecule has 1 fully saturated rings. The molecule has 0 aliphatic carbocycles. The van der Waals surface area contributed by atoms with Gasteiger partial charge in [-0.15, -0.1) is 0 Å². The highest BCUT2D eigenvalue weighted by molar-refractivity contribution is 7.99. The van der Waals surface area contributed by atoms with E-state index in [1.54, 1.807) is 29.2 Å². The predicted molar refractivity (Wildman–Crippen MR) is 109 cm³/mol. The molecular formula is C21H18F3N3O2S. The molecule has 1 saturated heterocycles. The molecule has 0 bridgehead atoms. The summed E-state index contributed by atoms with van der Waals surface area (Å²) in [5.74, 6) is -0.0143. The van der Waals surface area contributed by atoms with Crippen molar-refractivity contribution in [1.82, 2.24) is 14.5 Å². The van der Waals surface area contributed by atoms with Crippen molar-refractivity contribution in [2.45, 2.75) is 24.2 Å². The molecule has 2 heterocycles. The van der Waals surface area contributed by atoms with E-state index >= 15 is 0 Å². The molecule has 4 rings (SSSR count). The molecule has 1 amide bonds. The van der Waals surface area contributed by atoms with E-state index in [0.717, 1.165) is 41.3 Å². The summed E-state index contributed by atoms with van der Waals surface area (Å²) in [6.07, 6.45) is -2.62. The first-order chi connectivity index (χ1) is 14.3. The number of carbonyl (C=O) groups excluding carboxylic acids is 1. The normalized spacial score (nSPS) is 14.4. The minimum Gasteiger partial charge on any atom is -0.342 e. The monoisotopic (exact) mass is 433 g/mol. The SMILES string of the molecule is O=C(CSc1nc2ccccc2c(=O)n1-c1cccc(C(F)(F)F)c1)N1CCCC1. The molecule has 3 aromatic rings. The van der Waals surface area contributed by atoms with Crippen molar-refractivity contribution in [1.29, 1.82) is 0 Å². The van der Waals surface area contributed by atoms with Gasteiger partial charge < -0.3 is 4.90 Å². The van der Waals surface area contributed by atoms with Crippen molar-refractivity contribution in [3.63, 3.8) is 0 Å². The van der Waals surface area contributed by atoms with Crippen LogP contribution in [0.25, 0.3) is 16.6 Å². The largest absolute Gasteiger partial charge is 0.416 e. The molecule has 156 valence electrons. The van der Waals surface area contributed by atoms with Gasteiger partial charge in [0, 0.05) is 13.1 Å². The van der Waals surface area contributed by atoms with Crippen molar-refractivity contribution >= 4 is 28.6 Å². The smallest absolute Gasteiger partial charge is 0.342 e. The molecule has 0 spiro atoms. The van der Waals surface area contributed by atoms with E-state index in [0.29, 0.717) is 24.0 Å². The summed E-state index contributed by atoms with van der Waals surface area (Å²) in [6.45, 7) is 1.40. The number of nitrogens with zero attached hydrogens (tertiary/aromatic N) is 3. The summed E-state index contributed by atoms with van der Waals surface area (Å²) < 4.78 is 40.8. The lowest BCUT2D eigenvalue weighted by Crippen LogP contribution is -2.29. The number of fused-ring (bicyclic) bond motifs is 1. The highest BCUT2D eigenvalue weighted by Gasteiger charge is 2.31. The lowest BCUT2D eigenvalue weighted by Gasteiger charge is -2.17. The fourth-order valence-corrected chi connectivity index (χ4v) is 4.36. The van der Waals surface area contributed by atoms with Crippen LogP contribution in [0.1, 0.15) is 18.4 Å². The van der Waals surface area contributed by atoms with Gasteiger partial charge in [-0.2, -0.15) is 13.2 Å². The quantitative estimate of drug-likeness (QED) is 0.459. The van der Waals surface area contributed by atoms with E-state index in [1.807, 2.05) is 0 Å². The van der Waals surface area contributed by atoms with Gasteiger partial charge in [-0.1, -0.05) is 30.0 Å². The van der Waals surface area contributed by atoms with Crippen LogP contribution in [0.15, 0.2) is 58.5 Å². The van der Waals surface area contributed by atoms with Gasteiger partial charge in [-0.05, 0) is 43.2 Å². The highest BCUT2D eigenvalue weighted by Crippen LogP contribution is 2.31. The van der Waals surface area contributed by atoms with E-state index in [9.17, 15) is 22.8 Å². The molecule has 9 heteroatoms. The maximum absolute atomic E-state index is 13.2. The number of likely N-dealkylation sites (tertiary alicyclic amines) is 1. The Morgan fingerprint density at radius 3 is 2.53 bits per heavy atom. The fourth-order valence-electron chi connectivity index (χ4n) is 3.44. The minimum atomic E-state index is -4.54. The Balaban J connectivity index is 1.79. The number of alkyl halides is 3. The predicted octanol–water partition coefficient (Wildman–Crippen LogP) is 4.12. The standard InChI is InChI=1S/C21H18F3N3O2S/c22-21(23,24)14-6-5-7-15(12-14)27-19(29)16-8-1-2-9-17(16)25-20(27)30-13-18(28)26-10-3-4-11-26/h1-2,5-9,12H,3-4,10-11,13H2. The molecule has 1 aliphatic heterocycles. The van der Waals surface area contributed by atoms with Crippen LogP contribution in [0.2, 0.25) is 0 Å². The number of thioether (sulfide) groups is 1. The van der Waals surface area contributed by atoms with Crippen molar-refractivity contribution in [2.75, 3.05) is 18.8 Å². The van der Waals surface area contributed by atoms with Crippen molar-refractivity contribution in [3.8, 4) is 5.69 Å². The van der Waals surface area contributed by atoms with Gasteiger partial charge >= 0.3 is 6.18 Å². The fraction of sp³-hybridized carbons (Fsp3) is 0.286. The number of carbonyl (C=O) groups is 1. The maximum atomic E-state index is 13.2. The van der Waals surface area contributed by atoms with Gasteiger partial charge in [0.15, 0.2) is 5.16 Å². The van der Waals surface area contributed by atoms with Gasteiger partial charge in [0.05, 0.1) is 27.9 Å². The Bertz CT molecular complexity index is 1150. The number of halogens is 3. The Kier molecular flexibility index (Phi) is 5.55. The second-order valence-corrected chi connectivity index (χ2v) is 7.92. The third-order valence-electron chi connectivity index (χ3n) is 4.96. The summed E-state index contributed by atoms with van der Waals surface area (Å²) in [5.41, 5.74) is -0.841. The topological polar surface area (TPSA) is 55.2 Å². The number of hydrogen-bond acceptors (Lipinski definition) is 4. The van der Waals surface area contributed by atoms with Crippen LogP contribution < -0.4 is 5.56 Å². The molecule has 30 heavy (non-hydrogen) atoms. The van der Waals surface area contributed by atoms with E-state index < -0.39 is 17.3 Å². The van der Waals surface area contributed by atoms with E-state index in [1.165, 1.54) is 12.1 Å². The third-order valence-corrected chi connectivity index (χ3v) is 5.88. The van der Waals surface area contributed by atoms with E-state index in [2.05, 4.69) is 4.98 Å². The molecule has 1 aliphatic rings. The van der Waals surface area contributed by atoms with Crippen LogP contribution in [-0.4, -0.2) is 39.2 Å².